The average Bonchev–Trinajstić information content (AvgIpc) is 2.17. The fourth-order valence-corrected chi connectivity index (χ4v) is 1.74. The number of carbonyl (C=O) groups is 2. The molecule has 0 aromatic carbocycles. The molecular weight excluding hydrogens is 182 g/mol. The second-order valence-corrected chi connectivity index (χ2v) is 3.84. The second kappa shape index (κ2) is 3.82. The summed E-state index contributed by atoms with van der Waals surface area (Å²) in [6.45, 7) is 1.40. The van der Waals surface area contributed by atoms with E-state index in [-0.39, 0.29) is 5.92 Å². The molecule has 4 heteroatoms. The van der Waals surface area contributed by atoms with Crippen molar-refractivity contribution in [2.45, 2.75) is 26.2 Å². The number of allylic oxidation sites excluding steroid dienone is 2. The molecule has 78 valence electrons. The van der Waals surface area contributed by atoms with Crippen LogP contribution in [0.3, 0.4) is 0 Å². The number of rotatable bonds is 3. The van der Waals surface area contributed by atoms with E-state index in [1.54, 1.807) is 6.08 Å². The Morgan fingerprint density at radius 1 is 1.57 bits per heavy atom. The van der Waals surface area contributed by atoms with E-state index in [0.29, 0.717) is 6.42 Å². The van der Waals surface area contributed by atoms with E-state index < -0.39 is 17.3 Å². The minimum Gasteiger partial charge on any atom is -0.480 e. The molecule has 0 saturated carbocycles. The van der Waals surface area contributed by atoms with Gasteiger partial charge in [-0.05, 0) is 26.2 Å². The summed E-state index contributed by atoms with van der Waals surface area (Å²) >= 11 is 0. The lowest BCUT2D eigenvalue weighted by atomic mass is 9.72. The predicted molar refractivity (Wildman–Crippen MR) is 51.4 cm³/mol. The third-order valence-corrected chi connectivity index (χ3v) is 2.95. The SMILES string of the molecule is CC(C(N)=O)(C(=O)O)C1C=CCCC1. The molecule has 3 N–H and O–H groups in total. The molecule has 0 saturated heterocycles. The van der Waals surface area contributed by atoms with E-state index in [2.05, 4.69) is 0 Å². The summed E-state index contributed by atoms with van der Waals surface area (Å²) in [6.07, 6.45) is 6.28. The number of amides is 1. The van der Waals surface area contributed by atoms with Crippen molar-refractivity contribution >= 4 is 11.9 Å². The minimum absolute atomic E-state index is 0.272. The Kier molecular flexibility index (Phi) is 2.93. The highest BCUT2D eigenvalue weighted by molar-refractivity contribution is 6.01. The van der Waals surface area contributed by atoms with Gasteiger partial charge in [0.2, 0.25) is 5.91 Å². The zero-order valence-electron chi connectivity index (χ0n) is 8.19. The minimum atomic E-state index is -1.46. The molecule has 0 spiro atoms. The highest BCUT2D eigenvalue weighted by Gasteiger charge is 2.45. The van der Waals surface area contributed by atoms with Crippen molar-refractivity contribution in [3.8, 4) is 0 Å². The second-order valence-electron chi connectivity index (χ2n) is 3.84. The van der Waals surface area contributed by atoms with Gasteiger partial charge in [0.1, 0.15) is 5.41 Å². The van der Waals surface area contributed by atoms with Crippen LogP contribution in [0.2, 0.25) is 0 Å². The molecular formula is C10H15NO3. The summed E-state index contributed by atoms with van der Waals surface area (Å²) in [5.74, 6) is -2.17. The zero-order valence-corrected chi connectivity index (χ0v) is 8.19. The lowest BCUT2D eigenvalue weighted by Crippen LogP contribution is -2.46. The molecule has 0 bridgehead atoms. The quantitative estimate of drug-likeness (QED) is 0.521. The third kappa shape index (κ3) is 1.64. The molecule has 1 rings (SSSR count). The van der Waals surface area contributed by atoms with Crippen LogP contribution in [-0.4, -0.2) is 17.0 Å². The van der Waals surface area contributed by atoms with Crippen LogP contribution in [0.25, 0.3) is 0 Å². The number of hydrogen-bond acceptors (Lipinski definition) is 2. The van der Waals surface area contributed by atoms with E-state index >= 15 is 0 Å². The first-order chi connectivity index (χ1) is 6.49. The Morgan fingerprint density at radius 3 is 2.57 bits per heavy atom. The lowest BCUT2D eigenvalue weighted by molar-refractivity contribution is -0.156. The molecule has 2 atom stereocenters. The highest BCUT2D eigenvalue weighted by atomic mass is 16.4. The maximum absolute atomic E-state index is 11.2. The molecule has 0 fully saturated rings. The van der Waals surface area contributed by atoms with Gasteiger partial charge < -0.3 is 10.8 Å². The van der Waals surface area contributed by atoms with Gasteiger partial charge >= 0.3 is 5.97 Å². The van der Waals surface area contributed by atoms with E-state index in [1.807, 2.05) is 6.08 Å². The number of nitrogens with two attached hydrogens (primary N) is 1. The third-order valence-electron chi connectivity index (χ3n) is 2.95. The van der Waals surface area contributed by atoms with Crippen molar-refractivity contribution in [3.05, 3.63) is 12.2 Å². The fourth-order valence-electron chi connectivity index (χ4n) is 1.74. The smallest absolute Gasteiger partial charge is 0.319 e. The summed E-state index contributed by atoms with van der Waals surface area (Å²) in [5, 5.41) is 9.02. The van der Waals surface area contributed by atoms with Crippen molar-refractivity contribution in [1.82, 2.24) is 0 Å². The lowest BCUT2D eigenvalue weighted by Gasteiger charge is -2.30. The highest BCUT2D eigenvalue weighted by Crippen LogP contribution is 2.35. The van der Waals surface area contributed by atoms with Gasteiger partial charge in [-0.15, -0.1) is 0 Å². The van der Waals surface area contributed by atoms with E-state index in [9.17, 15) is 9.59 Å². The molecule has 1 aliphatic carbocycles. The first kappa shape index (κ1) is 10.8. The number of carboxylic acids is 1. The van der Waals surface area contributed by atoms with Gasteiger partial charge in [-0.2, -0.15) is 0 Å². The number of aliphatic carboxylic acids is 1. The molecule has 2 unspecified atom stereocenters. The Morgan fingerprint density at radius 2 is 2.21 bits per heavy atom. The topological polar surface area (TPSA) is 80.4 Å². The van der Waals surface area contributed by atoms with Crippen LogP contribution in [0.1, 0.15) is 26.2 Å². The van der Waals surface area contributed by atoms with E-state index in [4.69, 9.17) is 10.8 Å². The van der Waals surface area contributed by atoms with Crippen molar-refractivity contribution in [3.63, 3.8) is 0 Å². The average molecular weight is 197 g/mol. The normalized spacial score (nSPS) is 25.4. The van der Waals surface area contributed by atoms with Crippen LogP contribution >= 0.6 is 0 Å². The zero-order chi connectivity index (χ0) is 10.8. The fraction of sp³-hybridized carbons (Fsp3) is 0.600. The van der Waals surface area contributed by atoms with Gasteiger partial charge in [0, 0.05) is 5.92 Å². The molecule has 1 amide bonds. The summed E-state index contributed by atoms with van der Waals surface area (Å²) < 4.78 is 0. The Hall–Kier alpha value is -1.32. The summed E-state index contributed by atoms with van der Waals surface area (Å²) in [6, 6.07) is 0. The summed E-state index contributed by atoms with van der Waals surface area (Å²) in [7, 11) is 0. The molecule has 1 aliphatic rings. The number of carboxylic acid groups (broad SMARTS) is 1. The predicted octanol–water partition coefficient (Wildman–Crippen LogP) is 0.919. The van der Waals surface area contributed by atoms with Crippen LogP contribution < -0.4 is 5.73 Å². The molecule has 0 heterocycles. The van der Waals surface area contributed by atoms with E-state index in [0.717, 1.165) is 12.8 Å². The number of primary amides is 1. The Labute approximate surface area is 82.8 Å². The molecule has 0 aromatic rings. The standard InChI is InChI=1S/C10H15NO3/c1-10(8(11)12,9(13)14)7-5-3-2-4-6-7/h3,5,7H,2,4,6H2,1H3,(H2,11,12)(H,13,14). The van der Waals surface area contributed by atoms with Crippen molar-refractivity contribution < 1.29 is 14.7 Å². The molecule has 4 nitrogen and oxygen atoms in total. The van der Waals surface area contributed by atoms with Gasteiger partial charge in [0.05, 0.1) is 0 Å². The Bertz CT molecular complexity index is 269. The van der Waals surface area contributed by atoms with Crippen LogP contribution in [0.5, 0.6) is 0 Å². The summed E-state index contributed by atoms with van der Waals surface area (Å²) in [4.78, 5) is 22.2. The van der Waals surface area contributed by atoms with Crippen molar-refractivity contribution in [1.29, 1.82) is 0 Å². The maximum atomic E-state index is 11.2. The van der Waals surface area contributed by atoms with Crippen molar-refractivity contribution in [2.24, 2.45) is 17.1 Å². The van der Waals surface area contributed by atoms with Crippen LogP contribution in [0, 0.1) is 11.3 Å². The van der Waals surface area contributed by atoms with Gasteiger partial charge in [0.25, 0.3) is 0 Å². The van der Waals surface area contributed by atoms with Gasteiger partial charge in [-0.3, -0.25) is 9.59 Å². The van der Waals surface area contributed by atoms with Crippen molar-refractivity contribution in [2.75, 3.05) is 0 Å². The van der Waals surface area contributed by atoms with Gasteiger partial charge in [-0.1, -0.05) is 12.2 Å². The van der Waals surface area contributed by atoms with Gasteiger partial charge in [0.15, 0.2) is 0 Å². The monoisotopic (exact) mass is 197 g/mol. The largest absolute Gasteiger partial charge is 0.480 e. The molecule has 14 heavy (non-hydrogen) atoms. The Balaban J connectivity index is 2.98. The molecule has 0 aromatic heterocycles. The van der Waals surface area contributed by atoms with Gasteiger partial charge in [-0.25, -0.2) is 0 Å². The maximum Gasteiger partial charge on any atom is 0.319 e. The van der Waals surface area contributed by atoms with Crippen LogP contribution in [0.4, 0.5) is 0 Å². The first-order valence-electron chi connectivity index (χ1n) is 4.69. The number of carbonyl (C=O) groups excluding carboxylic acids is 1. The molecule has 0 radical (unpaired) electrons. The van der Waals surface area contributed by atoms with Crippen LogP contribution in [0.15, 0.2) is 12.2 Å². The number of hydrogen-bond donors (Lipinski definition) is 2. The first-order valence-corrected chi connectivity index (χ1v) is 4.69. The van der Waals surface area contributed by atoms with E-state index in [1.165, 1.54) is 6.92 Å². The molecule has 0 aliphatic heterocycles. The summed E-state index contributed by atoms with van der Waals surface area (Å²) in [5.41, 5.74) is 3.69. The van der Waals surface area contributed by atoms with Crippen LogP contribution in [-0.2, 0) is 9.59 Å².